The largest absolute Gasteiger partial charge is 0.0713 e. The molecule has 0 saturated carbocycles. The van der Waals surface area contributed by atoms with Crippen molar-refractivity contribution in [1.82, 2.24) is 0 Å². The van der Waals surface area contributed by atoms with Gasteiger partial charge >= 0.3 is 0 Å². The molecule has 0 nitrogen and oxygen atoms in total. The highest BCUT2D eigenvalue weighted by molar-refractivity contribution is 5.20. The van der Waals surface area contributed by atoms with E-state index in [1.807, 2.05) is 0 Å². The fraction of sp³-hybridized carbons (Fsp3) is 0.778. The van der Waals surface area contributed by atoms with Gasteiger partial charge < -0.3 is 0 Å². The minimum absolute atomic E-state index is 0.847. The molecule has 2 atom stereocenters. The molecule has 0 aliphatic heterocycles. The molecule has 0 aromatic carbocycles. The molecule has 0 heteroatoms. The standard InChI is InChI=1S/C9H16/c1-6-5-7(2)9(4)8(6)3/h6-7H,5H2,1-4H3/t6-,7+. The third-order valence-corrected chi connectivity index (χ3v) is 2.81. The van der Waals surface area contributed by atoms with Gasteiger partial charge in [-0.3, -0.25) is 0 Å². The Hall–Kier alpha value is -0.260. The van der Waals surface area contributed by atoms with Crippen molar-refractivity contribution in [2.75, 3.05) is 0 Å². The maximum Gasteiger partial charge on any atom is -0.0226 e. The van der Waals surface area contributed by atoms with Gasteiger partial charge in [0.25, 0.3) is 0 Å². The molecule has 52 valence electrons. The van der Waals surface area contributed by atoms with Crippen molar-refractivity contribution in [1.29, 1.82) is 0 Å². The van der Waals surface area contributed by atoms with Crippen LogP contribution >= 0.6 is 0 Å². The van der Waals surface area contributed by atoms with Crippen LogP contribution < -0.4 is 0 Å². The van der Waals surface area contributed by atoms with Crippen LogP contribution in [-0.2, 0) is 0 Å². The van der Waals surface area contributed by atoms with Gasteiger partial charge in [-0.05, 0) is 32.1 Å². The molecular weight excluding hydrogens is 108 g/mol. The molecule has 9 heavy (non-hydrogen) atoms. The summed E-state index contributed by atoms with van der Waals surface area (Å²) in [6, 6.07) is 0. The highest BCUT2D eigenvalue weighted by Crippen LogP contribution is 2.35. The van der Waals surface area contributed by atoms with Crippen LogP contribution in [0.4, 0.5) is 0 Å². The summed E-state index contributed by atoms with van der Waals surface area (Å²) < 4.78 is 0. The van der Waals surface area contributed by atoms with Crippen molar-refractivity contribution < 1.29 is 0 Å². The van der Waals surface area contributed by atoms with E-state index >= 15 is 0 Å². The summed E-state index contributed by atoms with van der Waals surface area (Å²) in [6.45, 7) is 9.18. The lowest BCUT2D eigenvalue weighted by Crippen LogP contribution is -1.90. The van der Waals surface area contributed by atoms with Crippen LogP contribution in [-0.4, -0.2) is 0 Å². The average Bonchev–Trinajstić information content (AvgIpc) is 1.98. The molecule has 0 unspecified atom stereocenters. The highest BCUT2D eigenvalue weighted by atomic mass is 14.3. The summed E-state index contributed by atoms with van der Waals surface area (Å²) >= 11 is 0. The van der Waals surface area contributed by atoms with Gasteiger partial charge in [0.1, 0.15) is 0 Å². The van der Waals surface area contributed by atoms with Crippen LogP contribution in [0.1, 0.15) is 34.1 Å². The SMILES string of the molecule is CC1=C(C)[C@@H](C)C[C@H]1C. The van der Waals surface area contributed by atoms with E-state index in [-0.39, 0.29) is 0 Å². The fourth-order valence-electron chi connectivity index (χ4n) is 1.66. The van der Waals surface area contributed by atoms with Crippen molar-refractivity contribution >= 4 is 0 Å². The smallest absolute Gasteiger partial charge is 0.0226 e. The summed E-state index contributed by atoms with van der Waals surface area (Å²) in [6.07, 6.45) is 1.37. The van der Waals surface area contributed by atoms with Crippen LogP contribution in [0.5, 0.6) is 0 Å². The second-order valence-electron chi connectivity index (χ2n) is 3.40. The first-order valence-corrected chi connectivity index (χ1v) is 3.80. The Balaban J connectivity index is 2.79. The van der Waals surface area contributed by atoms with Crippen LogP contribution in [0, 0.1) is 11.8 Å². The summed E-state index contributed by atoms with van der Waals surface area (Å²) in [5.74, 6) is 1.69. The van der Waals surface area contributed by atoms with E-state index in [1.165, 1.54) is 6.42 Å². The van der Waals surface area contributed by atoms with Crippen molar-refractivity contribution in [3.63, 3.8) is 0 Å². The van der Waals surface area contributed by atoms with E-state index in [2.05, 4.69) is 27.7 Å². The molecule has 0 radical (unpaired) electrons. The molecule has 1 aliphatic carbocycles. The first-order chi connectivity index (χ1) is 4.13. The number of rotatable bonds is 0. The second kappa shape index (κ2) is 2.17. The minimum Gasteiger partial charge on any atom is -0.0713 e. The van der Waals surface area contributed by atoms with E-state index < -0.39 is 0 Å². The zero-order valence-corrected chi connectivity index (χ0v) is 6.86. The third-order valence-electron chi connectivity index (χ3n) is 2.81. The Morgan fingerprint density at radius 2 is 1.33 bits per heavy atom. The Morgan fingerprint density at radius 1 is 1.00 bits per heavy atom. The lowest BCUT2D eigenvalue weighted by atomic mass is 10.0. The molecule has 0 aromatic heterocycles. The molecular formula is C9H16. The summed E-state index contributed by atoms with van der Waals surface area (Å²) in [7, 11) is 0. The van der Waals surface area contributed by atoms with Gasteiger partial charge in [-0.1, -0.05) is 25.0 Å². The van der Waals surface area contributed by atoms with Crippen molar-refractivity contribution in [2.45, 2.75) is 34.1 Å². The van der Waals surface area contributed by atoms with Crippen LogP contribution in [0.15, 0.2) is 11.1 Å². The van der Waals surface area contributed by atoms with Crippen LogP contribution in [0.25, 0.3) is 0 Å². The molecule has 0 fully saturated rings. The predicted molar refractivity (Wildman–Crippen MR) is 41.3 cm³/mol. The lowest BCUT2D eigenvalue weighted by molar-refractivity contribution is 0.567. The molecule has 0 amide bonds. The predicted octanol–water partition coefficient (Wildman–Crippen LogP) is 3.00. The Labute approximate surface area is 58.0 Å². The van der Waals surface area contributed by atoms with Crippen LogP contribution in [0.3, 0.4) is 0 Å². The zero-order valence-electron chi connectivity index (χ0n) is 6.86. The van der Waals surface area contributed by atoms with E-state index in [9.17, 15) is 0 Å². The lowest BCUT2D eigenvalue weighted by Gasteiger charge is -2.01. The average molecular weight is 124 g/mol. The van der Waals surface area contributed by atoms with Gasteiger partial charge in [0.15, 0.2) is 0 Å². The van der Waals surface area contributed by atoms with E-state index in [1.54, 1.807) is 11.1 Å². The third kappa shape index (κ3) is 1.03. The Morgan fingerprint density at radius 3 is 1.44 bits per heavy atom. The fourth-order valence-corrected chi connectivity index (χ4v) is 1.66. The van der Waals surface area contributed by atoms with Gasteiger partial charge in [0.05, 0.1) is 0 Å². The first kappa shape index (κ1) is 6.85. The van der Waals surface area contributed by atoms with Gasteiger partial charge in [0.2, 0.25) is 0 Å². The van der Waals surface area contributed by atoms with Crippen molar-refractivity contribution in [3.05, 3.63) is 11.1 Å². The van der Waals surface area contributed by atoms with Crippen molar-refractivity contribution in [3.8, 4) is 0 Å². The monoisotopic (exact) mass is 124 g/mol. The molecule has 0 saturated heterocycles. The maximum atomic E-state index is 2.32. The van der Waals surface area contributed by atoms with E-state index in [0.717, 1.165) is 11.8 Å². The molecule has 0 heterocycles. The summed E-state index contributed by atoms with van der Waals surface area (Å²) in [5, 5.41) is 0. The van der Waals surface area contributed by atoms with Crippen molar-refractivity contribution in [2.24, 2.45) is 11.8 Å². The molecule has 1 rings (SSSR count). The van der Waals surface area contributed by atoms with Gasteiger partial charge in [-0.15, -0.1) is 0 Å². The van der Waals surface area contributed by atoms with Gasteiger partial charge in [0, 0.05) is 0 Å². The molecule has 1 aliphatic rings. The molecule has 0 N–H and O–H groups in total. The van der Waals surface area contributed by atoms with E-state index in [4.69, 9.17) is 0 Å². The molecule has 0 aromatic rings. The number of hydrogen-bond acceptors (Lipinski definition) is 0. The summed E-state index contributed by atoms with van der Waals surface area (Å²) in [4.78, 5) is 0. The normalized spacial score (nSPS) is 36.0. The molecule has 0 spiro atoms. The molecule has 0 bridgehead atoms. The minimum atomic E-state index is 0.847. The van der Waals surface area contributed by atoms with Gasteiger partial charge in [-0.2, -0.15) is 0 Å². The number of hydrogen-bond donors (Lipinski definition) is 0. The quantitative estimate of drug-likeness (QED) is 0.435. The Bertz CT molecular complexity index is 126. The Kier molecular flexibility index (Phi) is 1.65. The van der Waals surface area contributed by atoms with Gasteiger partial charge in [-0.25, -0.2) is 0 Å². The zero-order chi connectivity index (χ0) is 7.02. The summed E-state index contributed by atoms with van der Waals surface area (Å²) in [5.41, 5.74) is 3.25. The number of allylic oxidation sites excluding steroid dienone is 2. The topological polar surface area (TPSA) is 0 Å². The van der Waals surface area contributed by atoms with Crippen LogP contribution in [0.2, 0.25) is 0 Å². The van der Waals surface area contributed by atoms with E-state index in [0.29, 0.717) is 0 Å². The second-order valence-corrected chi connectivity index (χ2v) is 3.40. The maximum absolute atomic E-state index is 2.32. The highest BCUT2D eigenvalue weighted by Gasteiger charge is 2.21. The first-order valence-electron chi connectivity index (χ1n) is 3.80.